The molecule has 0 fully saturated rings. The molecular weight excluding hydrogens is 375 g/mol. The van der Waals surface area contributed by atoms with Gasteiger partial charge < -0.3 is 15.0 Å². The molecule has 0 aliphatic carbocycles. The molecule has 0 radical (unpaired) electrons. The molecule has 138 valence electrons. The highest BCUT2D eigenvalue weighted by Crippen LogP contribution is 2.29. The third-order valence-corrected chi connectivity index (χ3v) is 4.41. The van der Waals surface area contributed by atoms with E-state index in [2.05, 4.69) is 5.32 Å². The Morgan fingerprint density at radius 3 is 2.15 bits per heavy atom. The third kappa shape index (κ3) is 5.13. The quantitative estimate of drug-likeness (QED) is 0.802. The van der Waals surface area contributed by atoms with Crippen LogP contribution < -0.4 is 10.1 Å². The summed E-state index contributed by atoms with van der Waals surface area (Å²) in [6.45, 7) is 3.54. The van der Waals surface area contributed by atoms with Gasteiger partial charge in [0.2, 0.25) is 5.91 Å². The first-order valence-corrected chi connectivity index (χ1v) is 8.72. The maximum atomic E-state index is 12.2. The van der Waals surface area contributed by atoms with Crippen molar-refractivity contribution in [2.45, 2.75) is 13.8 Å². The van der Waals surface area contributed by atoms with E-state index in [1.54, 1.807) is 18.2 Å². The van der Waals surface area contributed by atoms with Gasteiger partial charge in [0, 0.05) is 7.05 Å². The Morgan fingerprint density at radius 1 is 1.04 bits per heavy atom. The van der Waals surface area contributed by atoms with Gasteiger partial charge in [-0.25, -0.2) is 0 Å². The average Bonchev–Trinajstić information content (AvgIpc) is 2.57. The number of carbonyl (C=O) groups excluding carboxylic acids is 2. The summed E-state index contributed by atoms with van der Waals surface area (Å²) < 4.78 is 5.62. The molecule has 26 heavy (non-hydrogen) atoms. The van der Waals surface area contributed by atoms with Crippen molar-refractivity contribution >= 4 is 40.7 Å². The summed E-state index contributed by atoms with van der Waals surface area (Å²) in [7, 11) is 1.53. The number of halogens is 2. The standard InChI is InChI=1S/C19H20Cl2N2O3/c1-12-6-4-7-13(2)19(12)26-11-17(25)23(3)10-16(24)22-18-14(20)8-5-9-15(18)21/h4-9H,10-11H2,1-3H3,(H,22,24). The van der Waals surface area contributed by atoms with E-state index in [4.69, 9.17) is 27.9 Å². The molecule has 2 aromatic rings. The second kappa shape index (κ2) is 8.92. The van der Waals surface area contributed by atoms with Crippen LogP contribution in [-0.2, 0) is 9.59 Å². The lowest BCUT2D eigenvalue weighted by atomic mass is 10.1. The number of likely N-dealkylation sites (N-methyl/N-ethyl adjacent to an activating group) is 1. The number of para-hydroxylation sites is 2. The van der Waals surface area contributed by atoms with Gasteiger partial charge in [0.25, 0.3) is 5.91 Å². The highest BCUT2D eigenvalue weighted by molar-refractivity contribution is 6.39. The predicted octanol–water partition coefficient (Wildman–Crippen LogP) is 4.09. The number of nitrogens with one attached hydrogen (secondary N) is 1. The number of hydrogen-bond donors (Lipinski definition) is 1. The van der Waals surface area contributed by atoms with Crippen LogP contribution in [0.5, 0.6) is 5.75 Å². The first-order chi connectivity index (χ1) is 12.3. The van der Waals surface area contributed by atoms with Crippen LogP contribution in [0.4, 0.5) is 5.69 Å². The fourth-order valence-corrected chi connectivity index (χ4v) is 2.86. The molecule has 0 heterocycles. The maximum absolute atomic E-state index is 12.2. The zero-order valence-electron chi connectivity index (χ0n) is 14.8. The Balaban J connectivity index is 1.91. The summed E-state index contributed by atoms with van der Waals surface area (Å²) in [5.74, 6) is -0.0301. The fraction of sp³-hybridized carbons (Fsp3) is 0.263. The van der Waals surface area contributed by atoms with Gasteiger partial charge in [0.05, 0.1) is 22.3 Å². The van der Waals surface area contributed by atoms with Crippen molar-refractivity contribution in [3.05, 3.63) is 57.6 Å². The smallest absolute Gasteiger partial charge is 0.260 e. The zero-order chi connectivity index (χ0) is 19.3. The Kier molecular flexibility index (Phi) is 6.89. The van der Waals surface area contributed by atoms with Crippen molar-refractivity contribution < 1.29 is 14.3 Å². The van der Waals surface area contributed by atoms with Crippen LogP contribution in [0.15, 0.2) is 36.4 Å². The summed E-state index contributed by atoms with van der Waals surface area (Å²) in [5, 5.41) is 3.28. The van der Waals surface area contributed by atoms with Crippen molar-refractivity contribution in [3.63, 3.8) is 0 Å². The van der Waals surface area contributed by atoms with E-state index in [9.17, 15) is 9.59 Å². The molecule has 0 saturated heterocycles. The van der Waals surface area contributed by atoms with Gasteiger partial charge in [-0.2, -0.15) is 0 Å². The highest BCUT2D eigenvalue weighted by Gasteiger charge is 2.16. The molecule has 1 N–H and O–H groups in total. The molecule has 0 saturated carbocycles. The van der Waals surface area contributed by atoms with Gasteiger partial charge in [-0.05, 0) is 37.1 Å². The van der Waals surface area contributed by atoms with Crippen molar-refractivity contribution in [3.8, 4) is 5.75 Å². The van der Waals surface area contributed by atoms with Gasteiger partial charge in [0.15, 0.2) is 6.61 Å². The van der Waals surface area contributed by atoms with Crippen molar-refractivity contribution in [2.75, 3.05) is 25.5 Å². The molecule has 0 atom stereocenters. The van der Waals surface area contributed by atoms with E-state index in [1.165, 1.54) is 11.9 Å². The fourth-order valence-electron chi connectivity index (χ4n) is 2.37. The van der Waals surface area contributed by atoms with Gasteiger partial charge in [-0.1, -0.05) is 47.5 Å². The first-order valence-electron chi connectivity index (χ1n) is 7.96. The SMILES string of the molecule is Cc1cccc(C)c1OCC(=O)N(C)CC(=O)Nc1c(Cl)cccc1Cl. The first kappa shape index (κ1) is 20.1. The lowest BCUT2D eigenvalue weighted by Gasteiger charge is -2.18. The summed E-state index contributed by atoms with van der Waals surface area (Å²) >= 11 is 12.0. The van der Waals surface area contributed by atoms with Gasteiger partial charge in [-0.3, -0.25) is 9.59 Å². The van der Waals surface area contributed by atoms with E-state index in [1.807, 2.05) is 32.0 Å². The lowest BCUT2D eigenvalue weighted by molar-refractivity contribution is -0.135. The van der Waals surface area contributed by atoms with Crippen LogP contribution in [0, 0.1) is 13.8 Å². The van der Waals surface area contributed by atoms with Crippen molar-refractivity contribution in [2.24, 2.45) is 0 Å². The molecule has 0 aromatic heterocycles. The average molecular weight is 395 g/mol. The minimum atomic E-state index is -0.400. The van der Waals surface area contributed by atoms with E-state index in [0.717, 1.165) is 11.1 Å². The number of anilines is 1. The molecule has 0 spiro atoms. The zero-order valence-corrected chi connectivity index (χ0v) is 16.3. The molecule has 7 heteroatoms. The third-order valence-electron chi connectivity index (χ3n) is 3.78. The van der Waals surface area contributed by atoms with Gasteiger partial charge in [-0.15, -0.1) is 0 Å². The molecule has 0 bridgehead atoms. The Labute approximate surface area is 162 Å². The van der Waals surface area contributed by atoms with Crippen LogP contribution in [0.2, 0.25) is 10.0 Å². The van der Waals surface area contributed by atoms with Crippen LogP contribution in [-0.4, -0.2) is 36.9 Å². The Hall–Kier alpha value is -2.24. The number of rotatable bonds is 6. The number of amides is 2. The minimum Gasteiger partial charge on any atom is -0.483 e. The van der Waals surface area contributed by atoms with Crippen LogP contribution in [0.1, 0.15) is 11.1 Å². The summed E-state index contributed by atoms with van der Waals surface area (Å²) in [5.41, 5.74) is 2.23. The molecule has 5 nitrogen and oxygen atoms in total. The molecule has 2 amide bonds. The monoisotopic (exact) mass is 394 g/mol. The van der Waals surface area contributed by atoms with Gasteiger partial charge in [0.1, 0.15) is 5.75 Å². The maximum Gasteiger partial charge on any atom is 0.260 e. The number of aryl methyl sites for hydroxylation is 2. The summed E-state index contributed by atoms with van der Waals surface area (Å²) in [6.07, 6.45) is 0. The number of hydrogen-bond acceptors (Lipinski definition) is 3. The summed E-state index contributed by atoms with van der Waals surface area (Å²) in [4.78, 5) is 25.7. The van der Waals surface area contributed by atoms with E-state index < -0.39 is 5.91 Å². The van der Waals surface area contributed by atoms with Crippen molar-refractivity contribution in [1.29, 1.82) is 0 Å². The second-order valence-electron chi connectivity index (χ2n) is 5.90. The largest absolute Gasteiger partial charge is 0.483 e. The Bertz CT molecular complexity index is 784. The predicted molar refractivity (Wildman–Crippen MR) is 104 cm³/mol. The summed E-state index contributed by atoms with van der Waals surface area (Å²) in [6, 6.07) is 10.7. The Morgan fingerprint density at radius 2 is 1.58 bits per heavy atom. The number of nitrogens with zero attached hydrogens (tertiary/aromatic N) is 1. The van der Waals surface area contributed by atoms with Crippen molar-refractivity contribution in [1.82, 2.24) is 4.90 Å². The lowest BCUT2D eigenvalue weighted by Crippen LogP contribution is -2.37. The van der Waals surface area contributed by atoms with E-state index in [0.29, 0.717) is 21.5 Å². The normalized spacial score (nSPS) is 10.3. The van der Waals surface area contributed by atoms with Crippen LogP contribution in [0.3, 0.4) is 0 Å². The van der Waals surface area contributed by atoms with Crippen LogP contribution >= 0.6 is 23.2 Å². The molecule has 0 aliphatic heterocycles. The molecule has 0 unspecified atom stereocenters. The second-order valence-corrected chi connectivity index (χ2v) is 6.72. The molecular formula is C19H20Cl2N2O3. The topological polar surface area (TPSA) is 58.6 Å². The minimum absolute atomic E-state index is 0.142. The molecule has 2 aromatic carbocycles. The van der Waals surface area contributed by atoms with Gasteiger partial charge >= 0.3 is 0 Å². The molecule has 0 aliphatic rings. The molecule has 2 rings (SSSR count). The number of ether oxygens (including phenoxy) is 1. The van der Waals surface area contributed by atoms with E-state index in [-0.39, 0.29) is 19.1 Å². The number of carbonyl (C=O) groups is 2. The number of benzene rings is 2. The van der Waals surface area contributed by atoms with E-state index >= 15 is 0 Å². The highest BCUT2D eigenvalue weighted by atomic mass is 35.5. The van der Waals surface area contributed by atoms with Crippen LogP contribution in [0.25, 0.3) is 0 Å².